The molecular weight excluding hydrogens is 384 g/mol. The number of amides is 1. The molecule has 0 aliphatic heterocycles. The smallest absolute Gasteiger partial charge is 0.340 e. The first-order valence-electron chi connectivity index (χ1n) is 8.26. The number of hydrogen-bond acceptors (Lipinski definition) is 6. The summed E-state index contributed by atoms with van der Waals surface area (Å²) in [4.78, 5) is 35.9. The Morgan fingerprint density at radius 2 is 1.61 bits per heavy atom. The number of ketones is 1. The van der Waals surface area contributed by atoms with E-state index in [0.29, 0.717) is 11.3 Å². The summed E-state index contributed by atoms with van der Waals surface area (Å²) in [5.74, 6) is -1.50. The lowest BCUT2D eigenvalue weighted by atomic mass is 10.1. The highest BCUT2D eigenvalue weighted by atomic mass is 32.2. The van der Waals surface area contributed by atoms with Gasteiger partial charge in [-0.3, -0.25) is 14.3 Å². The van der Waals surface area contributed by atoms with Crippen molar-refractivity contribution in [3.63, 3.8) is 0 Å². The molecule has 0 radical (unpaired) electrons. The molecule has 0 fully saturated rings. The van der Waals surface area contributed by atoms with Gasteiger partial charge < -0.3 is 10.1 Å². The highest BCUT2D eigenvalue weighted by molar-refractivity contribution is 7.92. The van der Waals surface area contributed by atoms with E-state index < -0.39 is 27.9 Å². The van der Waals surface area contributed by atoms with Crippen molar-refractivity contribution in [3.05, 3.63) is 59.7 Å². The van der Waals surface area contributed by atoms with E-state index >= 15 is 0 Å². The van der Waals surface area contributed by atoms with Gasteiger partial charge in [0.2, 0.25) is 21.7 Å². The third-order valence-electron chi connectivity index (χ3n) is 3.59. The summed E-state index contributed by atoms with van der Waals surface area (Å²) < 4.78 is 30.3. The zero-order valence-electron chi connectivity index (χ0n) is 15.6. The number of esters is 1. The molecule has 2 aromatic carbocycles. The number of anilines is 2. The van der Waals surface area contributed by atoms with Crippen LogP contribution in [0.3, 0.4) is 0 Å². The number of Topliss-reactive ketones (excluding diaryl/α,β-unsaturated/α-hetero) is 1. The second-order valence-corrected chi connectivity index (χ2v) is 7.84. The van der Waals surface area contributed by atoms with Crippen LogP contribution < -0.4 is 10.0 Å². The fourth-order valence-corrected chi connectivity index (χ4v) is 2.96. The molecule has 0 aromatic heterocycles. The lowest BCUT2D eigenvalue weighted by Crippen LogP contribution is -2.25. The molecular formula is C19H20N2O6S. The third-order valence-corrected chi connectivity index (χ3v) is 4.18. The minimum Gasteiger partial charge on any atom is -0.451 e. The highest BCUT2D eigenvalue weighted by Gasteiger charge is 2.22. The molecule has 2 aromatic rings. The van der Waals surface area contributed by atoms with Crippen molar-refractivity contribution in [2.75, 3.05) is 16.3 Å². The van der Waals surface area contributed by atoms with Crippen LogP contribution in [0.5, 0.6) is 0 Å². The largest absolute Gasteiger partial charge is 0.451 e. The normalized spacial score (nSPS) is 12.0. The number of sulfonamides is 1. The number of para-hydroxylation sites is 1. The van der Waals surface area contributed by atoms with Gasteiger partial charge >= 0.3 is 5.97 Å². The zero-order chi connectivity index (χ0) is 20.9. The molecule has 1 unspecified atom stereocenters. The Balaban J connectivity index is 2.12. The highest BCUT2D eigenvalue weighted by Crippen LogP contribution is 2.19. The first-order valence-corrected chi connectivity index (χ1v) is 10.2. The summed E-state index contributed by atoms with van der Waals surface area (Å²) in [7, 11) is -3.59. The molecule has 0 saturated heterocycles. The standard InChI is InChI=1S/C19H20N2O6S/c1-12(18(23)14-8-10-15(11-9-14)20-13(2)22)27-19(24)16-6-4-5-7-17(16)21-28(3,25)26/h4-12,21H,1-3H3,(H,20,22). The predicted octanol–water partition coefficient (Wildman–Crippen LogP) is 2.44. The zero-order valence-corrected chi connectivity index (χ0v) is 16.4. The molecule has 0 aliphatic carbocycles. The fraction of sp³-hybridized carbons (Fsp3) is 0.211. The molecule has 28 heavy (non-hydrogen) atoms. The van der Waals surface area contributed by atoms with Crippen LogP contribution in [0.15, 0.2) is 48.5 Å². The van der Waals surface area contributed by atoms with Gasteiger partial charge in [0.05, 0.1) is 17.5 Å². The Morgan fingerprint density at radius 3 is 2.18 bits per heavy atom. The van der Waals surface area contributed by atoms with Crippen molar-refractivity contribution in [2.45, 2.75) is 20.0 Å². The van der Waals surface area contributed by atoms with Gasteiger partial charge in [0.15, 0.2) is 6.10 Å². The maximum Gasteiger partial charge on any atom is 0.340 e. The summed E-state index contributed by atoms with van der Waals surface area (Å²) in [6.07, 6.45) is -0.128. The van der Waals surface area contributed by atoms with Gasteiger partial charge in [-0.2, -0.15) is 0 Å². The predicted molar refractivity (Wildman–Crippen MR) is 105 cm³/mol. The van der Waals surface area contributed by atoms with Crippen LogP contribution in [0.4, 0.5) is 11.4 Å². The molecule has 0 spiro atoms. The minimum absolute atomic E-state index is 0.00594. The molecule has 0 saturated carbocycles. The average Bonchev–Trinajstić information content (AvgIpc) is 2.60. The molecule has 0 bridgehead atoms. The quantitative estimate of drug-likeness (QED) is 0.540. The van der Waals surface area contributed by atoms with Crippen LogP contribution in [0.2, 0.25) is 0 Å². The number of benzene rings is 2. The average molecular weight is 404 g/mol. The summed E-state index contributed by atoms with van der Waals surface area (Å²) >= 11 is 0. The first-order chi connectivity index (χ1) is 13.1. The van der Waals surface area contributed by atoms with Gasteiger partial charge in [-0.05, 0) is 43.3 Å². The molecule has 8 nitrogen and oxygen atoms in total. The fourth-order valence-electron chi connectivity index (χ4n) is 2.38. The maximum atomic E-state index is 12.5. The lowest BCUT2D eigenvalue weighted by molar-refractivity contribution is -0.114. The topological polar surface area (TPSA) is 119 Å². The lowest BCUT2D eigenvalue weighted by Gasteiger charge is -2.15. The summed E-state index contributed by atoms with van der Waals surface area (Å²) in [5.41, 5.74) is 0.898. The SMILES string of the molecule is CC(=O)Nc1ccc(C(=O)C(C)OC(=O)c2ccccc2NS(C)(=O)=O)cc1. The van der Waals surface area contributed by atoms with E-state index in [1.54, 1.807) is 24.3 Å². The van der Waals surface area contributed by atoms with E-state index in [1.165, 1.54) is 38.1 Å². The van der Waals surface area contributed by atoms with Crippen molar-refractivity contribution >= 4 is 39.1 Å². The van der Waals surface area contributed by atoms with Gasteiger partial charge in [0.25, 0.3) is 0 Å². The number of carbonyl (C=O) groups excluding carboxylic acids is 3. The Morgan fingerprint density at radius 1 is 1.00 bits per heavy atom. The summed E-state index contributed by atoms with van der Waals surface area (Å²) in [5, 5.41) is 2.59. The number of rotatable bonds is 7. The van der Waals surface area contributed by atoms with Crippen molar-refractivity contribution in [2.24, 2.45) is 0 Å². The summed E-state index contributed by atoms with van der Waals surface area (Å²) in [6, 6.07) is 12.1. The molecule has 1 amide bonds. The Kier molecular flexibility index (Phi) is 6.53. The first kappa shape index (κ1) is 21.1. The molecule has 148 valence electrons. The van der Waals surface area contributed by atoms with Crippen LogP contribution in [-0.2, 0) is 19.6 Å². The van der Waals surface area contributed by atoms with E-state index in [1.807, 2.05) is 0 Å². The number of nitrogens with one attached hydrogen (secondary N) is 2. The monoisotopic (exact) mass is 404 g/mol. The number of carbonyl (C=O) groups is 3. The Hall–Kier alpha value is -3.20. The molecule has 2 N–H and O–H groups in total. The molecule has 2 rings (SSSR count). The van der Waals surface area contributed by atoms with Crippen LogP contribution in [-0.4, -0.2) is 38.4 Å². The van der Waals surface area contributed by atoms with Gasteiger partial charge in [0.1, 0.15) is 0 Å². The van der Waals surface area contributed by atoms with Crippen molar-refractivity contribution in [3.8, 4) is 0 Å². The minimum atomic E-state index is -3.59. The van der Waals surface area contributed by atoms with Crippen molar-refractivity contribution in [1.29, 1.82) is 0 Å². The van der Waals surface area contributed by atoms with Crippen LogP contribution in [0.1, 0.15) is 34.6 Å². The van der Waals surface area contributed by atoms with Crippen LogP contribution in [0, 0.1) is 0 Å². The second-order valence-electron chi connectivity index (χ2n) is 6.09. The third kappa shape index (κ3) is 5.92. The van der Waals surface area contributed by atoms with Crippen molar-refractivity contribution in [1.82, 2.24) is 0 Å². The van der Waals surface area contributed by atoms with Crippen LogP contribution >= 0.6 is 0 Å². The number of hydrogen-bond donors (Lipinski definition) is 2. The molecule has 0 aliphatic rings. The Labute approximate surface area is 163 Å². The molecule has 9 heteroatoms. The Bertz CT molecular complexity index is 999. The molecule has 0 heterocycles. The van der Waals surface area contributed by atoms with Gasteiger partial charge in [-0.15, -0.1) is 0 Å². The van der Waals surface area contributed by atoms with E-state index in [4.69, 9.17) is 4.74 Å². The van der Waals surface area contributed by atoms with Gasteiger partial charge in [-0.25, -0.2) is 13.2 Å². The van der Waals surface area contributed by atoms with E-state index in [9.17, 15) is 22.8 Å². The van der Waals surface area contributed by atoms with Crippen molar-refractivity contribution < 1.29 is 27.5 Å². The van der Waals surface area contributed by atoms with E-state index in [-0.39, 0.29) is 17.2 Å². The van der Waals surface area contributed by atoms with Gasteiger partial charge in [-0.1, -0.05) is 12.1 Å². The van der Waals surface area contributed by atoms with E-state index in [0.717, 1.165) is 6.26 Å². The van der Waals surface area contributed by atoms with E-state index in [2.05, 4.69) is 10.0 Å². The maximum absolute atomic E-state index is 12.5. The molecule has 1 atom stereocenters. The second kappa shape index (κ2) is 8.66. The summed E-state index contributed by atoms with van der Waals surface area (Å²) in [6.45, 7) is 2.80. The van der Waals surface area contributed by atoms with Gasteiger partial charge in [0, 0.05) is 18.2 Å². The number of ether oxygens (including phenoxy) is 1. The van der Waals surface area contributed by atoms with Crippen LogP contribution in [0.25, 0.3) is 0 Å².